The lowest BCUT2D eigenvalue weighted by atomic mass is 9.69. The van der Waals surface area contributed by atoms with E-state index in [1.165, 1.54) is 4.90 Å². The Morgan fingerprint density at radius 2 is 2.20 bits per heavy atom. The van der Waals surface area contributed by atoms with E-state index in [1.807, 2.05) is 0 Å². The second-order valence-electron chi connectivity index (χ2n) is 5.85. The Kier molecular flexibility index (Phi) is 2.92. The minimum Gasteiger partial charge on any atom is -0.477 e. The molecule has 0 aromatic heterocycles. The van der Waals surface area contributed by atoms with E-state index < -0.39 is 23.6 Å². The minimum atomic E-state index is -1.08. The zero-order chi connectivity index (χ0) is 14.7. The SMILES string of the molecule is CO[C@]12CCCCC1=C(C(=O)O)N1C(=O)[C@H]([C@@H](C)O)[C@H]12. The first kappa shape index (κ1) is 13.6. The zero-order valence-corrected chi connectivity index (χ0v) is 11.6. The van der Waals surface area contributed by atoms with Crippen molar-refractivity contribution in [1.29, 1.82) is 0 Å². The number of β-lactam (4-membered cyclic amide) rings is 1. The molecule has 0 bridgehead atoms. The van der Waals surface area contributed by atoms with Gasteiger partial charge < -0.3 is 14.9 Å². The van der Waals surface area contributed by atoms with Gasteiger partial charge in [0.2, 0.25) is 5.91 Å². The van der Waals surface area contributed by atoms with Crippen LogP contribution in [0.2, 0.25) is 0 Å². The lowest BCUT2D eigenvalue weighted by Crippen LogP contribution is -2.69. The minimum absolute atomic E-state index is 0.0819. The molecule has 4 atom stereocenters. The van der Waals surface area contributed by atoms with Gasteiger partial charge in [0.15, 0.2) is 0 Å². The van der Waals surface area contributed by atoms with E-state index in [-0.39, 0.29) is 17.6 Å². The standard InChI is InChI=1S/C14H19NO5/c1-7(16)9-11-14(20-2)6-4-3-5-8(14)10(13(18)19)15(11)12(9)17/h7,9,11,16H,3-6H2,1-2H3,(H,18,19)/t7-,9-,11+,14-/m1/s1. The van der Waals surface area contributed by atoms with Gasteiger partial charge in [-0.2, -0.15) is 0 Å². The molecule has 110 valence electrons. The van der Waals surface area contributed by atoms with Crippen molar-refractivity contribution < 1.29 is 24.5 Å². The molecular formula is C14H19NO5. The number of fused-ring (bicyclic) bond motifs is 3. The molecule has 3 aliphatic rings. The Labute approximate surface area is 117 Å². The van der Waals surface area contributed by atoms with E-state index in [9.17, 15) is 19.8 Å². The Morgan fingerprint density at radius 1 is 1.50 bits per heavy atom. The highest BCUT2D eigenvalue weighted by atomic mass is 16.5. The maximum Gasteiger partial charge on any atom is 0.352 e. The number of carboxylic acid groups (broad SMARTS) is 1. The van der Waals surface area contributed by atoms with E-state index in [1.54, 1.807) is 14.0 Å². The highest BCUT2D eigenvalue weighted by Crippen LogP contribution is 2.55. The summed E-state index contributed by atoms with van der Waals surface area (Å²) in [4.78, 5) is 25.1. The molecule has 0 spiro atoms. The third-order valence-electron chi connectivity index (χ3n) is 4.97. The number of aliphatic hydroxyl groups is 1. The lowest BCUT2D eigenvalue weighted by molar-refractivity contribution is -0.177. The fourth-order valence-electron chi connectivity index (χ4n) is 4.15. The molecule has 2 fully saturated rings. The summed E-state index contributed by atoms with van der Waals surface area (Å²) in [5.41, 5.74) is 0.0837. The quantitative estimate of drug-likeness (QED) is 0.736. The number of ether oxygens (including phenoxy) is 1. The van der Waals surface area contributed by atoms with E-state index in [0.717, 1.165) is 18.4 Å². The summed E-state index contributed by atoms with van der Waals surface area (Å²) in [6.45, 7) is 1.57. The molecule has 1 saturated heterocycles. The van der Waals surface area contributed by atoms with E-state index in [4.69, 9.17) is 4.74 Å². The van der Waals surface area contributed by atoms with Crippen LogP contribution in [0.25, 0.3) is 0 Å². The molecule has 0 unspecified atom stereocenters. The number of nitrogens with zero attached hydrogens (tertiary/aromatic N) is 1. The molecule has 1 saturated carbocycles. The first-order valence-electron chi connectivity index (χ1n) is 6.99. The van der Waals surface area contributed by atoms with Crippen molar-refractivity contribution in [3.8, 4) is 0 Å². The zero-order valence-electron chi connectivity index (χ0n) is 11.6. The summed E-state index contributed by atoms with van der Waals surface area (Å²) >= 11 is 0. The molecule has 3 rings (SSSR count). The number of amides is 1. The van der Waals surface area contributed by atoms with Crippen LogP contribution in [0.4, 0.5) is 0 Å². The van der Waals surface area contributed by atoms with Crippen molar-refractivity contribution in [2.45, 2.75) is 50.4 Å². The van der Waals surface area contributed by atoms with Crippen molar-refractivity contribution in [2.75, 3.05) is 7.11 Å². The monoisotopic (exact) mass is 281 g/mol. The van der Waals surface area contributed by atoms with Crippen LogP contribution >= 0.6 is 0 Å². The van der Waals surface area contributed by atoms with Crippen LogP contribution in [0.1, 0.15) is 32.6 Å². The van der Waals surface area contributed by atoms with Crippen molar-refractivity contribution >= 4 is 11.9 Å². The van der Waals surface area contributed by atoms with Crippen molar-refractivity contribution in [1.82, 2.24) is 4.90 Å². The van der Waals surface area contributed by atoms with Crippen LogP contribution in [0, 0.1) is 5.92 Å². The second kappa shape index (κ2) is 4.30. The maximum atomic E-state index is 12.2. The van der Waals surface area contributed by atoms with Crippen LogP contribution in [0.15, 0.2) is 11.3 Å². The summed E-state index contributed by atoms with van der Waals surface area (Å²) in [5.74, 6) is -1.95. The van der Waals surface area contributed by atoms with Crippen LogP contribution < -0.4 is 0 Å². The Hall–Kier alpha value is -1.40. The molecule has 2 heterocycles. The van der Waals surface area contributed by atoms with Gasteiger partial charge in [-0.25, -0.2) is 4.79 Å². The molecule has 2 N–H and O–H groups in total. The van der Waals surface area contributed by atoms with E-state index >= 15 is 0 Å². The van der Waals surface area contributed by atoms with Crippen LogP contribution in [-0.2, 0) is 14.3 Å². The largest absolute Gasteiger partial charge is 0.477 e. The van der Waals surface area contributed by atoms with Gasteiger partial charge in [0.25, 0.3) is 0 Å². The van der Waals surface area contributed by atoms with E-state index in [0.29, 0.717) is 12.8 Å². The molecule has 0 aromatic carbocycles. The number of rotatable bonds is 3. The van der Waals surface area contributed by atoms with Crippen molar-refractivity contribution in [3.63, 3.8) is 0 Å². The summed E-state index contributed by atoms with van der Waals surface area (Å²) in [7, 11) is 1.57. The second-order valence-corrected chi connectivity index (χ2v) is 5.85. The highest BCUT2D eigenvalue weighted by molar-refractivity contribution is 6.00. The number of aliphatic carboxylic acids is 1. The first-order valence-corrected chi connectivity index (χ1v) is 6.99. The predicted octanol–water partition coefficient (Wildman–Crippen LogP) is 0.506. The summed E-state index contributed by atoms with van der Waals surface area (Å²) in [6.07, 6.45) is 2.39. The van der Waals surface area contributed by atoms with Gasteiger partial charge in [-0.05, 0) is 38.2 Å². The molecule has 6 nitrogen and oxygen atoms in total. The third kappa shape index (κ3) is 1.41. The first-order chi connectivity index (χ1) is 9.45. The summed E-state index contributed by atoms with van der Waals surface area (Å²) in [6, 6.07) is -0.374. The Balaban J connectivity index is 2.12. The van der Waals surface area contributed by atoms with Gasteiger partial charge in [0, 0.05) is 7.11 Å². The molecule has 2 aliphatic heterocycles. The molecule has 20 heavy (non-hydrogen) atoms. The normalized spacial score (nSPS) is 37.4. The van der Waals surface area contributed by atoms with Gasteiger partial charge >= 0.3 is 5.97 Å². The van der Waals surface area contributed by atoms with Gasteiger partial charge in [-0.3, -0.25) is 9.69 Å². The molecule has 0 radical (unpaired) electrons. The fraction of sp³-hybridized carbons (Fsp3) is 0.714. The molecule has 1 aliphatic carbocycles. The molecule has 1 amide bonds. The van der Waals surface area contributed by atoms with E-state index in [2.05, 4.69) is 0 Å². The smallest absolute Gasteiger partial charge is 0.352 e. The number of aliphatic hydroxyl groups excluding tert-OH is 1. The van der Waals surface area contributed by atoms with Gasteiger partial charge in [0.1, 0.15) is 11.3 Å². The third-order valence-corrected chi connectivity index (χ3v) is 4.97. The number of methoxy groups -OCH3 is 1. The van der Waals surface area contributed by atoms with Gasteiger partial charge in [-0.1, -0.05) is 0 Å². The molecule has 0 aromatic rings. The average Bonchev–Trinajstić information content (AvgIpc) is 2.66. The summed E-state index contributed by atoms with van der Waals surface area (Å²) in [5, 5.41) is 19.3. The topological polar surface area (TPSA) is 87.1 Å². The van der Waals surface area contributed by atoms with Gasteiger partial charge in [-0.15, -0.1) is 0 Å². The van der Waals surface area contributed by atoms with Crippen LogP contribution in [0.3, 0.4) is 0 Å². The number of carbonyl (C=O) groups excluding carboxylic acids is 1. The van der Waals surface area contributed by atoms with Gasteiger partial charge in [0.05, 0.1) is 18.1 Å². The maximum absolute atomic E-state index is 12.2. The fourth-order valence-corrected chi connectivity index (χ4v) is 4.15. The number of hydrogen-bond donors (Lipinski definition) is 2. The molecule has 6 heteroatoms. The molecular weight excluding hydrogens is 262 g/mol. The Morgan fingerprint density at radius 3 is 2.75 bits per heavy atom. The van der Waals surface area contributed by atoms with Crippen LogP contribution in [-0.4, -0.2) is 51.8 Å². The highest BCUT2D eigenvalue weighted by Gasteiger charge is 2.68. The number of carboxylic acids is 1. The lowest BCUT2D eigenvalue weighted by Gasteiger charge is -2.52. The van der Waals surface area contributed by atoms with Crippen LogP contribution in [0.5, 0.6) is 0 Å². The van der Waals surface area contributed by atoms with Crippen molar-refractivity contribution in [2.24, 2.45) is 5.92 Å². The number of carbonyl (C=O) groups is 2. The number of hydrogen-bond acceptors (Lipinski definition) is 4. The average molecular weight is 281 g/mol. The van der Waals surface area contributed by atoms with Crippen molar-refractivity contribution in [3.05, 3.63) is 11.3 Å². The summed E-state index contributed by atoms with van der Waals surface area (Å²) < 4.78 is 5.72. The Bertz CT molecular complexity index is 512. The predicted molar refractivity (Wildman–Crippen MR) is 68.7 cm³/mol.